The van der Waals surface area contributed by atoms with Crippen molar-refractivity contribution >= 4 is 36.4 Å². The minimum Gasteiger partial charge on any atom is -0.179 e. The van der Waals surface area contributed by atoms with E-state index < -0.39 is 0 Å². The largest absolute Gasteiger partial charge is 0.179 e. The Morgan fingerprint density at radius 3 is 1.17 bits per heavy atom. The normalized spacial score (nSPS) is 24.0. The minimum absolute atomic E-state index is 1.46. The first-order chi connectivity index (χ1) is 3.00. The lowest BCUT2D eigenvalue weighted by Gasteiger charge is -2.08. The average molecular weight is 141 g/mol. The van der Waals surface area contributed by atoms with E-state index in [4.69, 9.17) is 0 Å². The Morgan fingerprint density at radius 1 is 0.667 bits per heavy atom. The topological polar surface area (TPSA) is 36.1 Å². The zero-order valence-electron chi connectivity index (χ0n) is 2.72. The summed E-state index contributed by atoms with van der Waals surface area (Å²) in [5.74, 6) is 0. The van der Waals surface area contributed by atoms with Crippen molar-refractivity contribution in [2.75, 3.05) is 0 Å². The highest BCUT2D eigenvalue weighted by molar-refractivity contribution is 8.25. The molecule has 6 heteroatoms. The third kappa shape index (κ3) is 1.59. The summed E-state index contributed by atoms with van der Waals surface area (Å²) in [5.41, 5.74) is 0. The van der Waals surface area contributed by atoms with Crippen LogP contribution in [0.2, 0.25) is 0 Å². The second kappa shape index (κ2) is 3.00. The molecular weight excluding hydrogens is 138 g/mol. The molecule has 0 saturated carbocycles. The van der Waals surface area contributed by atoms with Gasteiger partial charge in [-0.25, -0.2) is 0 Å². The fourth-order valence-corrected chi connectivity index (χ4v) is 1.94. The van der Waals surface area contributed by atoms with E-state index in [2.05, 4.69) is 12.4 Å². The molecule has 0 unspecified atom stereocenters. The Morgan fingerprint density at radius 2 is 1.00 bits per heavy atom. The molecule has 0 amide bonds. The van der Waals surface area contributed by atoms with Crippen LogP contribution in [-0.4, -0.2) is 0 Å². The van der Waals surface area contributed by atoms with Crippen LogP contribution in [0.5, 0.6) is 0 Å². The maximum Gasteiger partial charge on any atom is 0.0271 e. The van der Waals surface area contributed by atoms with Gasteiger partial charge in [-0.15, -0.1) is 0 Å². The first kappa shape index (κ1) is 5.07. The summed E-state index contributed by atoms with van der Waals surface area (Å²) in [5, 5.41) is 0. The van der Waals surface area contributed by atoms with Gasteiger partial charge in [0, 0.05) is 36.4 Å². The van der Waals surface area contributed by atoms with Crippen LogP contribution in [0.4, 0.5) is 0 Å². The van der Waals surface area contributed by atoms with Crippen LogP contribution in [-0.2, 0) is 0 Å². The molecule has 3 nitrogen and oxygen atoms in total. The summed E-state index contributed by atoms with van der Waals surface area (Å²) in [4.78, 5) is 0. The van der Waals surface area contributed by atoms with Gasteiger partial charge in [-0.1, -0.05) is 0 Å². The van der Waals surface area contributed by atoms with Gasteiger partial charge < -0.3 is 0 Å². The predicted octanol–water partition coefficient (Wildman–Crippen LogP) is 0.458. The van der Waals surface area contributed by atoms with E-state index in [1.807, 2.05) is 0 Å². The van der Waals surface area contributed by atoms with Crippen molar-refractivity contribution in [3.05, 3.63) is 0 Å². The lowest BCUT2D eigenvalue weighted by Crippen LogP contribution is -2.14. The van der Waals surface area contributed by atoms with E-state index in [0.717, 1.165) is 0 Å². The number of hydrogen-bond donors (Lipinski definition) is 3. The molecule has 1 fully saturated rings. The van der Waals surface area contributed by atoms with E-state index in [0.29, 0.717) is 0 Å². The Balaban J connectivity index is 2.00. The molecule has 0 radical (unpaired) electrons. The van der Waals surface area contributed by atoms with Crippen LogP contribution in [0.15, 0.2) is 0 Å². The van der Waals surface area contributed by atoms with Crippen molar-refractivity contribution in [3.63, 3.8) is 0 Å². The Bertz CT molecular complexity index is 21.5. The number of nitrogens with one attached hydrogen (secondary N) is 3. The average Bonchev–Trinajstić information content (AvgIpc) is 1.72. The molecule has 3 N–H and O–H groups in total. The van der Waals surface area contributed by atoms with Gasteiger partial charge in [0.05, 0.1) is 0 Å². The fourth-order valence-electron chi connectivity index (χ4n) is 0.114. The molecule has 1 rings (SSSR count). The standard InChI is InChI=1S/H3N3S3/c1-4-2-6-3-5-1/h1-3H. The molecule has 1 heterocycles. The molecule has 1 aliphatic heterocycles. The molecule has 36 valence electrons. The van der Waals surface area contributed by atoms with Crippen LogP contribution < -0.4 is 12.4 Å². The maximum atomic E-state index is 2.88. The van der Waals surface area contributed by atoms with Gasteiger partial charge >= 0.3 is 0 Å². The number of rotatable bonds is 0. The van der Waals surface area contributed by atoms with Crippen molar-refractivity contribution in [2.24, 2.45) is 0 Å². The Hall–Kier alpha value is 0.930. The van der Waals surface area contributed by atoms with Crippen LogP contribution in [0.3, 0.4) is 0 Å². The molecule has 1 saturated heterocycles. The van der Waals surface area contributed by atoms with Crippen LogP contribution >= 0.6 is 36.4 Å². The number of hydrogen-bond acceptors (Lipinski definition) is 6. The summed E-state index contributed by atoms with van der Waals surface area (Å²) < 4.78 is 8.62. The van der Waals surface area contributed by atoms with E-state index >= 15 is 0 Å². The zero-order chi connectivity index (χ0) is 4.24. The highest BCUT2D eigenvalue weighted by Crippen LogP contribution is 2.08. The molecule has 0 atom stereocenters. The summed E-state index contributed by atoms with van der Waals surface area (Å²) >= 11 is 4.38. The molecule has 0 aromatic rings. The highest BCUT2D eigenvalue weighted by atomic mass is 32.3. The lowest BCUT2D eigenvalue weighted by molar-refractivity contribution is 1.52. The van der Waals surface area contributed by atoms with Gasteiger partial charge in [0.2, 0.25) is 0 Å². The molecule has 0 spiro atoms. The van der Waals surface area contributed by atoms with Crippen LogP contribution in [0.25, 0.3) is 0 Å². The van der Waals surface area contributed by atoms with Crippen molar-refractivity contribution in [1.29, 1.82) is 0 Å². The predicted molar refractivity (Wildman–Crippen MR) is 32.2 cm³/mol. The monoisotopic (exact) mass is 141 g/mol. The highest BCUT2D eigenvalue weighted by Gasteiger charge is 1.93. The van der Waals surface area contributed by atoms with Crippen molar-refractivity contribution < 1.29 is 0 Å². The zero-order valence-corrected chi connectivity index (χ0v) is 5.17. The molecule has 0 aromatic carbocycles. The third-order valence-corrected chi connectivity index (χ3v) is 2.25. The van der Waals surface area contributed by atoms with E-state index in [9.17, 15) is 0 Å². The van der Waals surface area contributed by atoms with Crippen molar-refractivity contribution in [3.8, 4) is 0 Å². The fraction of sp³-hybridized carbons (Fsp3) is 0. The minimum atomic E-state index is 1.46. The molecule has 0 bridgehead atoms. The SMILES string of the molecule is N1SNSNS1. The van der Waals surface area contributed by atoms with Gasteiger partial charge in [0.1, 0.15) is 0 Å². The van der Waals surface area contributed by atoms with Crippen molar-refractivity contribution in [1.82, 2.24) is 12.4 Å². The van der Waals surface area contributed by atoms with Gasteiger partial charge in [0.15, 0.2) is 0 Å². The van der Waals surface area contributed by atoms with Gasteiger partial charge in [-0.3, -0.25) is 0 Å². The van der Waals surface area contributed by atoms with E-state index in [-0.39, 0.29) is 0 Å². The van der Waals surface area contributed by atoms with Gasteiger partial charge in [-0.2, -0.15) is 12.4 Å². The summed E-state index contributed by atoms with van der Waals surface area (Å²) in [6.45, 7) is 0. The van der Waals surface area contributed by atoms with E-state index in [1.54, 1.807) is 0 Å². The summed E-state index contributed by atoms with van der Waals surface area (Å²) in [6.07, 6.45) is 0. The first-order valence-electron chi connectivity index (χ1n) is 1.22. The Kier molecular flexibility index (Phi) is 2.54. The molecule has 1 aliphatic rings. The molecular formula is H3N3S3. The lowest BCUT2D eigenvalue weighted by atomic mass is 13.8. The summed E-state index contributed by atoms with van der Waals surface area (Å²) in [6, 6.07) is 0. The van der Waals surface area contributed by atoms with Gasteiger partial charge in [0.25, 0.3) is 0 Å². The second-order valence-electron chi connectivity index (χ2n) is 0.556. The van der Waals surface area contributed by atoms with Gasteiger partial charge in [-0.05, 0) is 0 Å². The first-order valence-corrected chi connectivity index (χ1v) is 3.67. The van der Waals surface area contributed by atoms with Crippen LogP contribution in [0, 0.1) is 0 Å². The molecule has 6 heavy (non-hydrogen) atoms. The van der Waals surface area contributed by atoms with E-state index in [1.165, 1.54) is 36.4 Å². The Labute approximate surface area is 49.2 Å². The molecule has 0 aromatic heterocycles. The summed E-state index contributed by atoms with van der Waals surface area (Å²) in [7, 11) is 0. The third-order valence-electron chi connectivity index (χ3n) is 0.250. The quantitative estimate of drug-likeness (QED) is 0.425. The molecule has 0 aliphatic carbocycles. The smallest absolute Gasteiger partial charge is 0.0271 e. The second-order valence-corrected chi connectivity index (χ2v) is 3.17. The van der Waals surface area contributed by atoms with Crippen LogP contribution in [0.1, 0.15) is 0 Å². The maximum absolute atomic E-state index is 2.88. The van der Waals surface area contributed by atoms with Crippen molar-refractivity contribution in [2.45, 2.75) is 0 Å².